The average molecular weight is 238 g/mol. The molecule has 0 saturated heterocycles. The van der Waals surface area contributed by atoms with Crippen molar-refractivity contribution < 1.29 is 0 Å². The van der Waals surface area contributed by atoms with Crippen molar-refractivity contribution in [1.29, 1.82) is 5.26 Å². The van der Waals surface area contributed by atoms with Gasteiger partial charge in [0.2, 0.25) is 0 Å². The van der Waals surface area contributed by atoms with E-state index in [-0.39, 0.29) is 0 Å². The molecule has 0 spiro atoms. The van der Waals surface area contributed by atoms with Crippen LogP contribution in [0.2, 0.25) is 0 Å². The van der Waals surface area contributed by atoms with Gasteiger partial charge < -0.3 is 4.90 Å². The van der Waals surface area contributed by atoms with E-state index in [1.54, 1.807) is 0 Å². The molecule has 1 aliphatic rings. The molecule has 0 aromatic heterocycles. The van der Waals surface area contributed by atoms with E-state index < -0.39 is 0 Å². The second-order valence-electron chi connectivity index (χ2n) is 5.13. The van der Waals surface area contributed by atoms with Gasteiger partial charge in [-0.05, 0) is 58.9 Å². The first kappa shape index (κ1) is 16.4. The lowest BCUT2D eigenvalue weighted by molar-refractivity contribution is 0.133. The van der Waals surface area contributed by atoms with E-state index in [0.717, 1.165) is 24.8 Å². The Kier molecular flexibility index (Phi) is 9.17. The molecular formula is C15H30N2. The van der Waals surface area contributed by atoms with E-state index in [4.69, 9.17) is 5.26 Å². The monoisotopic (exact) mass is 238 g/mol. The van der Waals surface area contributed by atoms with Gasteiger partial charge in [-0.15, -0.1) is 0 Å². The molecule has 2 nitrogen and oxygen atoms in total. The lowest BCUT2D eigenvalue weighted by Crippen LogP contribution is -2.39. The highest BCUT2D eigenvalue weighted by atomic mass is 15.1. The minimum atomic E-state index is 0.658. The van der Waals surface area contributed by atoms with Crippen LogP contribution in [0.4, 0.5) is 0 Å². The van der Waals surface area contributed by atoms with Crippen LogP contribution in [0.15, 0.2) is 0 Å². The molecule has 0 bridgehead atoms. The van der Waals surface area contributed by atoms with Gasteiger partial charge in [-0.1, -0.05) is 13.8 Å². The van der Waals surface area contributed by atoms with Crippen LogP contribution in [-0.4, -0.2) is 24.0 Å². The third kappa shape index (κ3) is 6.07. The van der Waals surface area contributed by atoms with Crippen molar-refractivity contribution in [2.75, 3.05) is 7.05 Å². The van der Waals surface area contributed by atoms with Crippen molar-refractivity contribution in [1.82, 2.24) is 4.90 Å². The lowest BCUT2D eigenvalue weighted by Gasteiger charge is -2.36. The molecule has 1 saturated carbocycles. The van der Waals surface area contributed by atoms with Crippen molar-refractivity contribution in [3.8, 4) is 6.07 Å². The predicted octanol–water partition coefficient (Wildman–Crippen LogP) is 4.22. The Morgan fingerprint density at radius 3 is 2.12 bits per heavy atom. The highest BCUT2D eigenvalue weighted by Crippen LogP contribution is 2.30. The summed E-state index contributed by atoms with van der Waals surface area (Å²) < 4.78 is 0. The Bertz CT molecular complexity index is 209. The topological polar surface area (TPSA) is 27.0 Å². The zero-order chi connectivity index (χ0) is 13.3. The van der Waals surface area contributed by atoms with E-state index in [1.165, 1.54) is 25.7 Å². The van der Waals surface area contributed by atoms with Gasteiger partial charge in [0, 0.05) is 18.5 Å². The summed E-state index contributed by atoms with van der Waals surface area (Å²) in [5.74, 6) is 0.821. The highest BCUT2D eigenvalue weighted by Gasteiger charge is 2.24. The van der Waals surface area contributed by atoms with Gasteiger partial charge in [0.05, 0.1) is 6.07 Å². The zero-order valence-corrected chi connectivity index (χ0v) is 12.4. The fourth-order valence-corrected chi connectivity index (χ4v) is 2.53. The summed E-state index contributed by atoms with van der Waals surface area (Å²) in [7, 11) is 2.24. The second kappa shape index (κ2) is 9.48. The molecule has 0 aromatic carbocycles. The SMILES string of the molecule is CC.CC(C)N(C)C1CCC(CCC#N)CC1. The maximum Gasteiger partial charge on any atom is 0.0621 e. The summed E-state index contributed by atoms with van der Waals surface area (Å²) >= 11 is 0. The number of hydrogen-bond acceptors (Lipinski definition) is 2. The highest BCUT2D eigenvalue weighted by molar-refractivity contribution is 4.81. The zero-order valence-electron chi connectivity index (χ0n) is 12.4. The molecule has 17 heavy (non-hydrogen) atoms. The number of rotatable bonds is 4. The molecule has 0 radical (unpaired) electrons. The fraction of sp³-hybridized carbons (Fsp3) is 0.933. The largest absolute Gasteiger partial charge is 0.301 e. The molecular weight excluding hydrogens is 208 g/mol. The molecule has 1 fully saturated rings. The van der Waals surface area contributed by atoms with Crippen LogP contribution in [-0.2, 0) is 0 Å². The Balaban J connectivity index is 0.00000121. The fourth-order valence-electron chi connectivity index (χ4n) is 2.53. The molecule has 0 N–H and O–H groups in total. The van der Waals surface area contributed by atoms with E-state index in [2.05, 4.69) is 31.9 Å². The van der Waals surface area contributed by atoms with Crippen LogP contribution < -0.4 is 0 Å². The van der Waals surface area contributed by atoms with Crippen molar-refractivity contribution in [2.24, 2.45) is 5.92 Å². The summed E-state index contributed by atoms with van der Waals surface area (Å²) in [6.07, 6.45) is 7.16. The van der Waals surface area contributed by atoms with E-state index in [1.807, 2.05) is 13.8 Å². The van der Waals surface area contributed by atoms with E-state index in [0.29, 0.717) is 6.04 Å². The Labute approximate surface area is 108 Å². The summed E-state index contributed by atoms with van der Waals surface area (Å²) in [4.78, 5) is 2.50. The first-order valence-electron chi connectivity index (χ1n) is 7.24. The van der Waals surface area contributed by atoms with Gasteiger partial charge in [0.25, 0.3) is 0 Å². The third-order valence-electron chi connectivity index (χ3n) is 3.87. The van der Waals surface area contributed by atoms with Gasteiger partial charge in [-0.25, -0.2) is 0 Å². The molecule has 0 amide bonds. The van der Waals surface area contributed by atoms with Gasteiger partial charge in [0.1, 0.15) is 0 Å². The molecule has 1 rings (SSSR count). The number of nitriles is 1. The van der Waals surface area contributed by atoms with Crippen molar-refractivity contribution in [2.45, 2.75) is 78.3 Å². The van der Waals surface area contributed by atoms with Gasteiger partial charge in [0.15, 0.2) is 0 Å². The van der Waals surface area contributed by atoms with Gasteiger partial charge >= 0.3 is 0 Å². The van der Waals surface area contributed by atoms with Crippen molar-refractivity contribution in [3.63, 3.8) is 0 Å². The van der Waals surface area contributed by atoms with Crippen LogP contribution in [0, 0.1) is 17.2 Å². The Morgan fingerprint density at radius 1 is 1.18 bits per heavy atom. The Morgan fingerprint density at radius 2 is 1.71 bits per heavy atom. The molecule has 0 aromatic rings. The molecule has 2 heteroatoms. The smallest absolute Gasteiger partial charge is 0.0621 e. The predicted molar refractivity (Wildman–Crippen MR) is 74.8 cm³/mol. The second-order valence-corrected chi connectivity index (χ2v) is 5.13. The van der Waals surface area contributed by atoms with Gasteiger partial charge in [-0.2, -0.15) is 5.26 Å². The molecule has 1 aliphatic carbocycles. The standard InChI is InChI=1S/C13H24N2.C2H6/c1-11(2)15(3)13-8-6-12(7-9-13)5-4-10-14;1-2/h11-13H,4-9H2,1-3H3;1-2H3. The van der Waals surface area contributed by atoms with Crippen LogP contribution in [0.1, 0.15) is 66.2 Å². The van der Waals surface area contributed by atoms with Crippen LogP contribution in [0.25, 0.3) is 0 Å². The molecule has 0 atom stereocenters. The minimum Gasteiger partial charge on any atom is -0.301 e. The van der Waals surface area contributed by atoms with Crippen LogP contribution in [0.5, 0.6) is 0 Å². The van der Waals surface area contributed by atoms with Crippen molar-refractivity contribution >= 4 is 0 Å². The summed E-state index contributed by atoms with van der Waals surface area (Å²) in [6.45, 7) is 8.53. The van der Waals surface area contributed by atoms with E-state index >= 15 is 0 Å². The molecule has 0 heterocycles. The first-order chi connectivity index (χ1) is 8.15. The summed E-state index contributed by atoms with van der Waals surface area (Å²) in [5.41, 5.74) is 0. The first-order valence-corrected chi connectivity index (χ1v) is 7.24. The van der Waals surface area contributed by atoms with Crippen LogP contribution >= 0.6 is 0 Å². The third-order valence-corrected chi connectivity index (χ3v) is 3.87. The summed E-state index contributed by atoms with van der Waals surface area (Å²) in [5, 5.41) is 8.55. The quantitative estimate of drug-likeness (QED) is 0.733. The Hall–Kier alpha value is -0.550. The molecule has 0 aliphatic heterocycles. The average Bonchev–Trinajstić information content (AvgIpc) is 2.38. The minimum absolute atomic E-state index is 0.658. The molecule has 100 valence electrons. The van der Waals surface area contributed by atoms with Gasteiger partial charge in [-0.3, -0.25) is 0 Å². The lowest BCUT2D eigenvalue weighted by atomic mass is 9.83. The van der Waals surface area contributed by atoms with Crippen LogP contribution in [0.3, 0.4) is 0 Å². The number of hydrogen-bond donors (Lipinski definition) is 0. The maximum absolute atomic E-state index is 8.55. The maximum atomic E-state index is 8.55. The molecule has 0 unspecified atom stereocenters. The summed E-state index contributed by atoms with van der Waals surface area (Å²) in [6, 6.07) is 3.70. The van der Waals surface area contributed by atoms with E-state index in [9.17, 15) is 0 Å². The van der Waals surface area contributed by atoms with Crippen molar-refractivity contribution in [3.05, 3.63) is 0 Å². The number of nitrogens with zero attached hydrogens (tertiary/aromatic N) is 2. The normalized spacial score (nSPS) is 24.1.